The van der Waals surface area contributed by atoms with Crippen molar-refractivity contribution in [3.63, 3.8) is 0 Å². The molecule has 0 amide bonds. The van der Waals surface area contributed by atoms with Crippen LogP contribution >= 0.6 is 0 Å². The summed E-state index contributed by atoms with van der Waals surface area (Å²) in [7, 11) is 0. The van der Waals surface area contributed by atoms with E-state index >= 15 is 0 Å². The molecule has 35 heavy (non-hydrogen) atoms. The van der Waals surface area contributed by atoms with Gasteiger partial charge in [-0.3, -0.25) is 4.79 Å². The Balaban J connectivity index is 1.40. The monoisotopic (exact) mass is 488 g/mol. The van der Waals surface area contributed by atoms with Crippen LogP contribution in [0.25, 0.3) is 0 Å². The first kappa shape index (κ1) is 24.7. The molecule has 1 aliphatic heterocycles. The van der Waals surface area contributed by atoms with Gasteiger partial charge in [0.1, 0.15) is 6.10 Å². The molecule has 2 bridgehead atoms. The number of hydrogen-bond acceptors (Lipinski definition) is 4. The number of aliphatic hydroxyl groups excluding tert-OH is 1. The van der Waals surface area contributed by atoms with E-state index in [9.17, 15) is 20.1 Å². The van der Waals surface area contributed by atoms with Gasteiger partial charge in [-0.25, -0.2) is 0 Å². The number of carboxylic acids is 1. The number of aliphatic carboxylic acids is 1. The number of hydrogen-bond donors (Lipinski definition) is 3. The number of ether oxygens (including phenoxy) is 1. The fourth-order valence-electron chi connectivity index (χ4n) is 11.9. The lowest BCUT2D eigenvalue weighted by atomic mass is 9.30. The van der Waals surface area contributed by atoms with E-state index in [2.05, 4.69) is 34.6 Å². The van der Waals surface area contributed by atoms with Gasteiger partial charge in [-0.1, -0.05) is 34.6 Å². The summed E-state index contributed by atoms with van der Waals surface area (Å²) in [5.74, 6) is -0.714. The standard InChI is InChI=1S/C30H48O5/c1-18-29-8-7-19-26(4,20(29)15-22(31)30(18,34)35-17-29)12-14-28(6)21-16-25(3,23(32)33)10-9-24(21,2)11-13-27(19,28)5/h18-22,31,34H,7-17H2,1-6H3,(H,32,33)/t18-,19?,20+,21?,22-,24-,25-,26-,27-,28+,29+,30-/m1/s1. The first-order chi connectivity index (χ1) is 16.1. The van der Waals surface area contributed by atoms with Crippen molar-refractivity contribution in [1.82, 2.24) is 0 Å². The Bertz CT molecular complexity index is 951. The van der Waals surface area contributed by atoms with Gasteiger partial charge in [-0.05, 0) is 111 Å². The molecule has 2 unspecified atom stereocenters. The first-order valence-corrected chi connectivity index (χ1v) is 14.4. The SMILES string of the molecule is C[C@@H]1[C@@]23CCC4[C@@](C)(CC[C@@]5(C)C6C[C@](C)(C(=O)O)CC[C@]6(C)CC[C@]45C)[C@@H]2C[C@@H](O)[C@]1(O)OC3. The van der Waals surface area contributed by atoms with E-state index in [1.54, 1.807) is 0 Å². The van der Waals surface area contributed by atoms with Gasteiger partial charge in [-0.2, -0.15) is 0 Å². The molecular formula is C30H48O5. The highest BCUT2D eigenvalue weighted by molar-refractivity contribution is 5.74. The van der Waals surface area contributed by atoms with Gasteiger partial charge in [0.15, 0.2) is 5.79 Å². The second-order valence-electron chi connectivity index (χ2n) is 15.5. The van der Waals surface area contributed by atoms with E-state index in [4.69, 9.17) is 4.74 Å². The van der Waals surface area contributed by atoms with Gasteiger partial charge in [0.25, 0.3) is 0 Å². The van der Waals surface area contributed by atoms with Gasteiger partial charge in [0, 0.05) is 11.3 Å². The van der Waals surface area contributed by atoms with Crippen LogP contribution in [-0.2, 0) is 9.53 Å². The maximum atomic E-state index is 12.3. The van der Waals surface area contributed by atoms with Crippen molar-refractivity contribution in [2.45, 2.75) is 118 Å². The highest BCUT2D eigenvalue weighted by Crippen LogP contribution is 2.79. The van der Waals surface area contributed by atoms with Crippen LogP contribution < -0.4 is 0 Å². The number of carbonyl (C=O) groups is 1. The van der Waals surface area contributed by atoms with Crippen LogP contribution in [0.1, 0.15) is 106 Å². The molecule has 6 rings (SSSR count). The van der Waals surface area contributed by atoms with Crippen molar-refractivity contribution in [3.8, 4) is 0 Å². The second kappa shape index (κ2) is 6.86. The van der Waals surface area contributed by atoms with Crippen molar-refractivity contribution in [2.24, 2.45) is 56.2 Å². The fraction of sp³-hybridized carbons (Fsp3) is 0.967. The Morgan fingerprint density at radius 2 is 1.49 bits per heavy atom. The summed E-state index contributed by atoms with van der Waals surface area (Å²) in [5.41, 5.74) is -0.0361. The summed E-state index contributed by atoms with van der Waals surface area (Å²) in [6, 6.07) is 0. The summed E-state index contributed by atoms with van der Waals surface area (Å²) >= 11 is 0. The summed E-state index contributed by atoms with van der Waals surface area (Å²) in [4.78, 5) is 12.3. The quantitative estimate of drug-likeness (QED) is 0.446. The highest BCUT2D eigenvalue weighted by atomic mass is 16.6. The molecule has 5 heteroatoms. The number of aliphatic hydroxyl groups is 2. The third-order valence-electron chi connectivity index (χ3n) is 14.7. The van der Waals surface area contributed by atoms with Gasteiger partial charge in [0.05, 0.1) is 12.0 Å². The lowest BCUT2D eigenvalue weighted by Crippen LogP contribution is -2.69. The van der Waals surface area contributed by atoms with Crippen molar-refractivity contribution < 1.29 is 24.9 Å². The molecule has 5 aliphatic carbocycles. The molecule has 5 nitrogen and oxygen atoms in total. The van der Waals surface area contributed by atoms with Crippen molar-refractivity contribution in [1.29, 1.82) is 0 Å². The Labute approximate surface area is 211 Å². The van der Waals surface area contributed by atoms with E-state index < -0.39 is 23.3 Å². The molecule has 1 saturated heterocycles. The smallest absolute Gasteiger partial charge is 0.309 e. The maximum absolute atomic E-state index is 12.3. The van der Waals surface area contributed by atoms with Crippen LogP contribution in [0.5, 0.6) is 0 Å². The number of carboxylic acid groups (broad SMARTS) is 1. The fourth-order valence-corrected chi connectivity index (χ4v) is 11.9. The van der Waals surface area contributed by atoms with Crippen LogP contribution in [0.15, 0.2) is 0 Å². The Morgan fingerprint density at radius 3 is 2.17 bits per heavy atom. The van der Waals surface area contributed by atoms with Crippen LogP contribution in [0, 0.1) is 56.2 Å². The van der Waals surface area contributed by atoms with Gasteiger partial charge >= 0.3 is 5.97 Å². The van der Waals surface area contributed by atoms with Crippen LogP contribution in [0.4, 0.5) is 0 Å². The molecule has 6 fully saturated rings. The van der Waals surface area contributed by atoms with Gasteiger partial charge in [0.2, 0.25) is 0 Å². The predicted octanol–water partition coefficient (Wildman–Crippen LogP) is 5.62. The highest BCUT2D eigenvalue weighted by Gasteiger charge is 2.75. The molecule has 0 radical (unpaired) electrons. The van der Waals surface area contributed by atoms with E-state index in [1.165, 1.54) is 12.8 Å². The zero-order valence-electron chi connectivity index (χ0n) is 22.8. The molecule has 0 aromatic rings. The minimum atomic E-state index is -1.39. The summed E-state index contributed by atoms with van der Waals surface area (Å²) in [5, 5.41) is 32.4. The largest absolute Gasteiger partial charge is 0.481 e. The van der Waals surface area contributed by atoms with Gasteiger partial charge < -0.3 is 20.1 Å². The molecule has 0 aromatic heterocycles. The Hall–Kier alpha value is -0.650. The van der Waals surface area contributed by atoms with Crippen LogP contribution in [0.2, 0.25) is 0 Å². The molecule has 1 heterocycles. The Kier molecular flexibility index (Phi) is 4.83. The van der Waals surface area contributed by atoms with Crippen molar-refractivity contribution >= 4 is 5.97 Å². The minimum Gasteiger partial charge on any atom is -0.481 e. The second-order valence-corrected chi connectivity index (χ2v) is 15.5. The molecule has 1 spiro atoms. The average molecular weight is 489 g/mol. The number of fused-ring (bicyclic) bond motifs is 7. The molecule has 12 atom stereocenters. The minimum absolute atomic E-state index is 0.0424. The molecular weight excluding hydrogens is 440 g/mol. The first-order valence-electron chi connectivity index (χ1n) is 14.4. The zero-order chi connectivity index (χ0) is 25.4. The van der Waals surface area contributed by atoms with Crippen molar-refractivity contribution in [3.05, 3.63) is 0 Å². The van der Waals surface area contributed by atoms with E-state index in [0.717, 1.165) is 44.9 Å². The van der Waals surface area contributed by atoms with E-state index in [-0.39, 0.29) is 33.0 Å². The zero-order valence-corrected chi connectivity index (χ0v) is 22.8. The molecule has 6 aliphatic rings. The summed E-state index contributed by atoms with van der Waals surface area (Å²) < 4.78 is 6.00. The Morgan fingerprint density at radius 1 is 0.857 bits per heavy atom. The third kappa shape index (κ3) is 2.64. The molecule has 3 N–H and O–H groups in total. The predicted molar refractivity (Wildman–Crippen MR) is 133 cm³/mol. The maximum Gasteiger partial charge on any atom is 0.309 e. The van der Waals surface area contributed by atoms with Crippen LogP contribution in [-0.4, -0.2) is 39.8 Å². The molecule has 198 valence electrons. The normalized spacial score (nSPS) is 63.4. The molecule has 0 aromatic carbocycles. The molecule has 5 saturated carbocycles. The third-order valence-corrected chi connectivity index (χ3v) is 14.7. The van der Waals surface area contributed by atoms with E-state index in [1.807, 2.05) is 6.92 Å². The number of rotatable bonds is 1. The lowest BCUT2D eigenvalue weighted by Gasteiger charge is -2.74. The van der Waals surface area contributed by atoms with Crippen molar-refractivity contribution in [2.75, 3.05) is 6.61 Å². The topological polar surface area (TPSA) is 87.0 Å². The summed E-state index contributed by atoms with van der Waals surface area (Å²) in [6.45, 7) is 14.7. The lowest BCUT2D eigenvalue weighted by molar-refractivity contribution is -0.291. The van der Waals surface area contributed by atoms with Gasteiger partial charge in [-0.15, -0.1) is 0 Å². The van der Waals surface area contributed by atoms with E-state index in [0.29, 0.717) is 30.8 Å². The van der Waals surface area contributed by atoms with Crippen LogP contribution in [0.3, 0.4) is 0 Å². The average Bonchev–Trinajstić information content (AvgIpc) is 2.97. The summed E-state index contributed by atoms with van der Waals surface area (Å²) in [6.07, 6.45) is 9.34.